The van der Waals surface area contributed by atoms with Crippen molar-refractivity contribution < 1.29 is 33.3 Å². The third kappa shape index (κ3) is 6.04. The van der Waals surface area contributed by atoms with Crippen molar-refractivity contribution >= 4 is 22.9 Å². The van der Waals surface area contributed by atoms with Crippen molar-refractivity contribution in [3.05, 3.63) is 60.2 Å². The maximum Gasteiger partial charge on any atom is 0.309 e. The minimum absolute atomic E-state index is 0.109. The molecule has 1 fully saturated rings. The molecule has 0 aliphatic carbocycles. The molecule has 0 saturated carbocycles. The molecule has 10 heteroatoms. The van der Waals surface area contributed by atoms with Gasteiger partial charge >= 0.3 is 5.97 Å². The van der Waals surface area contributed by atoms with Crippen LogP contribution in [0.5, 0.6) is 23.0 Å². The second-order valence-electron chi connectivity index (χ2n) is 10.1. The number of hydrogen-bond acceptors (Lipinski definition) is 9. The maximum absolute atomic E-state index is 13.5. The van der Waals surface area contributed by atoms with E-state index in [1.165, 1.54) is 0 Å². The van der Waals surface area contributed by atoms with E-state index in [1.54, 1.807) is 52.4 Å². The fourth-order valence-corrected chi connectivity index (χ4v) is 5.32. The zero-order valence-corrected chi connectivity index (χ0v) is 25.0. The van der Waals surface area contributed by atoms with Crippen LogP contribution in [0.4, 0.5) is 0 Å². The highest BCUT2D eigenvalue weighted by atomic mass is 16.5. The van der Waals surface area contributed by atoms with Crippen molar-refractivity contribution in [1.29, 1.82) is 0 Å². The molecule has 4 aromatic rings. The Morgan fingerprint density at radius 3 is 1.77 bits per heavy atom. The van der Waals surface area contributed by atoms with Gasteiger partial charge in [-0.1, -0.05) is 0 Å². The van der Waals surface area contributed by atoms with Crippen molar-refractivity contribution in [1.82, 2.24) is 14.9 Å². The summed E-state index contributed by atoms with van der Waals surface area (Å²) >= 11 is 0. The smallest absolute Gasteiger partial charge is 0.309 e. The average Bonchev–Trinajstić information content (AvgIpc) is 3.06. The van der Waals surface area contributed by atoms with Crippen molar-refractivity contribution in [2.24, 2.45) is 5.92 Å². The van der Waals surface area contributed by atoms with Crippen molar-refractivity contribution in [3.8, 4) is 45.5 Å². The van der Waals surface area contributed by atoms with Crippen molar-refractivity contribution in [3.63, 3.8) is 0 Å². The standard InChI is InChI=1S/C33H35N3O7/c1-6-43-33(38)20-13-15-36(16-14-20)32(37)23-7-10-24-25(17-23)35-31(22-9-12-27(40-3)29(19-22)42-5)30(34-24)21-8-11-26(39-2)28(18-21)41-4/h7-12,17-20H,6,13-16H2,1-5H3. The van der Waals surface area contributed by atoms with Gasteiger partial charge < -0.3 is 28.6 Å². The number of benzene rings is 3. The number of methoxy groups -OCH3 is 4. The second-order valence-corrected chi connectivity index (χ2v) is 10.1. The van der Waals surface area contributed by atoms with E-state index in [9.17, 15) is 9.59 Å². The Labute approximate surface area is 250 Å². The summed E-state index contributed by atoms with van der Waals surface area (Å²) < 4.78 is 27.2. The highest BCUT2D eigenvalue weighted by Crippen LogP contribution is 2.39. The highest BCUT2D eigenvalue weighted by molar-refractivity contribution is 5.98. The number of carbonyl (C=O) groups excluding carboxylic acids is 2. The average molecular weight is 586 g/mol. The van der Waals surface area contributed by atoms with E-state index in [0.717, 1.165) is 11.1 Å². The van der Waals surface area contributed by atoms with Crippen LogP contribution in [0.25, 0.3) is 33.5 Å². The minimum Gasteiger partial charge on any atom is -0.493 e. The van der Waals surface area contributed by atoms with Crippen LogP contribution < -0.4 is 18.9 Å². The van der Waals surface area contributed by atoms with Gasteiger partial charge in [0.25, 0.3) is 5.91 Å². The first-order chi connectivity index (χ1) is 20.9. The van der Waals surface area contributed by atoms with E-state index in [-0.39, 0.29) is 17.8 Å². The van der Waals surface area contributed by atoms with E-state index in [4.69, 9.17) is 33.7 Å². The number of nitrogens with zero attached hydrogens (tertiary/aromatic N) is 3. The number of aromatic nitrogens is 2. The number of rotatable bonds is 9. The topological polar surface area (TPSA) is 109 Å². The number of ether oxygens (including phenoxy) is 5. The Balaban J connectivity index is 1.56. The summed E-state index contributed by atoms with van der Waals surface area (Å²) in [6, 6.07) is 16.5. The first-order valence-electron chi connectivity index (χ1n) is 14.1. The lowest BCUT2D eigenvalue weighted by molar-refractivity contribution is -0.149. The lowest BCUT2D eigenvalue weighted by Crippen LogP contribution is -2.40. The molecule has 1 aliphatic rings. The van der Waals surface area contributed by atoms with Crippen LogP contribution in [0.3, 0.4) is 0 Å². The van der Waals surface area contributed by atoms with Gasteiger partial charge in [-0.05, 0) is 74.4 Å². The molecule has 0 N–H and O–H groups in total. The van der Waals surface area contributed by atoms with Crippen LogP contribution in [0.2, 0.25) is 0 Å². The molecule has 3 aromatic carbocycles. The van der Waals surface area contributed by atoms with Gasteiger partial charge in [0.05, 0.1) is 63.4 Å². The number of carbonyl (C=O) groups is 2. The van der Waals surface area contributed by atoms with Gasteiger partial charge in [-0.3, -0.25) is 9.59 Å². The van der Waals surface area contributed by atoms with Crippen LogP contribution in [0.15, 0.2) is 54.6 Å². The molecular formula is C33H35N3O7. The largest absolute Gasteiger partial charge is 0.493 e. The maximum atomic E-state index is 13.5. The van der Waals surface area contributed by atoms with E-state index in [2.05, 4.69) is 0 Å². The van der Waals surface area contributed by atoms with E-state index in [0.29, 0.717) is 83.5 Å². The molecular weight excluding hydrogens is 550 g/mol. The van der Waals surface area contributed by atoms with Gasteiger partial charge in [0.15, 0.2) is 23.0 Å². The quantitative estimate of drug-likeness (QED) is 0.238. The van der Waals surface area contributed by atoms with Crippen molar-refractivity contribution in [2.45, 2.75) is 19.8 Å². The first kappa shape index (κ1) is 29.6. The van der Waals surface area contributed by atoms with Gasteiger partial charge in [-0.25, -0.2) is 9.97 Å². The summed E-state index contributed by atoms with van der Waals surface area (Å²) in [5.74, 6) is 1.83. The number of likely N-dealkylation sites (tertiary alicyclic amines) is 1. The highest BCUT2D eigenvalue weighted by Gasteiger charge is 2.29. The van der Waals surface area contributed by atoms with Crippen LogP contribution in [-0.2, 0) is 9.53 Å². The Bertz CT molecular complexity index is 1650. The third-order valence-corrected chi connectivity index (χ3v) is 7.63. The normalized spacial score (nSPS) is 13.5. The summed E-state index contributed by atoms with van der Waals surface area (Å²) in [4.78, 5) is 37.4. The Morgan fingerprint density at radius 1 is 0.721 bits per heavy atom. The molecule has 0 spiro atoms. The fourth-order valence-electron chi connectivity index (χ4n) is 5.32. The summed E-state index contributed by atoms with van der Waals surface area (Å²) in [6.07, 6.45) is 1.16. The van der Waals surface area contributed by atoms with E-state index >= 15 is 0 Å². The molecule has 1 amide bonds. The summed E-state index contributed by atoms with van der Waals surface area (Å²) in [6.45, 7) is 3.13. The summed E-state index contributed by atoms with van der Waals surface area (Å²) in [5.41, 5.74) is 4.47. The molecule has 1 aromatic heterocycles. The predicted molar refractivity (Wildman–Crippen MR) is 162 cm³/mol. The Hall–Kier alpha value is -4.86. The predicted octanol–water partition coefficient (Wildman–Crippen LogP) is 5.41. The summed E-state index contributed by atoms with van der Waals surface area (Å²) in [7, 11) is 6.33. The van der Waals surface area contributed by atoms with E-state index < -0.39 is 0 Å². The van der Waals surface area contributed by atoms with Gasteiger partial charge in [0, 0.05) is 29.8 Å². The molecule has 1 saturated heterocycles. The van der Waals surface area contributed by atoms with Crippen LogP contribution in [-0.4, -0.2) is 74.9 Å². The molecule has 2 heterocycles. The molecule has 0 bridgehead atoms. The molecule has 1 aliphatic heterocycles. The van der Waals surface area contributed by atoms with Gasteiger partial charge in [-0.15, -0.1) is 0 Å². The molecule has 0 radical (unpaired) electrons. The van der Waals surface area contributed by atoms with Crippen molar-refractivity contribution in [2.75, 3.05) is 48.1 Å². The lowest BCUT2D eigenvalue weighted by Gasteiger charge is -2.31. The second kappa shape index (κ2) is 13.0. The minimum atomic E-state index is -0.191. The molecule has 0 unspecified atom stereocenters. The van der Waals surface area contributed by atoms with Gasteiger partial charge in [0.2, 0.25) is 0 Å². The first-order valence-corrected chi connectivity index (χ1v) is 14.1. The molecule has 43 heavy (non-hydrogen) atoms. The van der Waals surface area contributed by atoms with Crippen LogP contribution in [0, 0.1) is 5.92 Å². The van der Waals surface area contributed by atoms with Crippen LogP contribution >= 0.6 is 0 Å². The number of esters is 1. The number of hydrogen-bond donors (Lipinski definition) is 0. The lowest BCUT2D eigenvalue weighted by atomic mass is 9.96. The number of fused-ring (bicyclic) bond motifs is 1. The molecule has 224 valence electrons. The SMILES string of the molecule is CCOC(=O)C1CCN(C(=O)c2ccc3nc(-c4ccc(OC)c(OC)c4)c(-c4ccc(OC)c(OC)c4)nc3c2)CC1. The van der Waals surface area contributed by atoms with Crippen LogP contribution in [0.1, 0.15) is 30.1 Å². The number of piperidine rings is 1. The van der Waals surface area contributed by atoms with E-state index in [1.807, 2.05) is 42.5 Å². The Morgan fingerprint density at radius 2 is 1.26 bits per heavy atom. The monoisotopic (exact) mass is 585 g/mol. The zero-order chi connectivity index (χ0) is 30.5. The molecule has 10 nitrogen and oxygen atoms in total. The molecule has 5 rings (SSSR count). The Kier molecular flexibility index (Phi) is 8.94. The van der Waals surface area contributed by atoms with Gasteiger partial charge in [0.1, 0.15) is 0 Å². The fraction of sp³-hybridized carbons (Fsp3) is 0.333. The third-order valence-electron chi connectivity index (χ3n) is 7.63. The zero-order valence-electron chi connectivity index (χ0n) is 25.0. The summed E-state index contributed by atoms with van der Waals surface area (Å²) in [5, 5.41) is 0. The number of amides is 1. The van der Waals surface area contributed by atoms with Gasteiger partial charge in [-0.2, -0.15) is 0 Å². The molecule has 0 atom stereocenters.